The Morgan fingerprint density at radius 3 is 2.81 bits per heavy atom. The third kappa shape index (κ3) is 3.13. The molecule has 0 saturated carbocycles. The van der Waals surface area contributed by atoms with E-state index in [9.17, 15) is 20.0 Å². The number of nitro groups is 1. The molecule has 1 saturated heterocycles. The van der Waals surface area contributed by atoms with E-state index in [-0.39, 0.29) is 23.1 Å². The Bertz CT molecular complexity index is 561. The van der Waals surface area contributed by atoms with Gasteiger partial charge in [0.1, 0.15) is 0 Å². The zero-order valence-electron chi connectivity index (χ0n) is 12.1. The van der Waals surface area contributed by atoms with Crippen LogP contribution in [0.25, 0.3) is 0 Å². The van der Waals surface area contributed by atoms with Gasteiger partial charge in [-0.05, 0) is 18.4 Å². The molecule has 0 bridgehead atoms. The average Bonchev–Trinajstić information content (AvgIpc) is 2.48. The summed E-state index contributed by atoms with van der Waals surface area (Å²) in [5.41, 5.74) is 0.738. The first kappa shape index (κ1) is 15.2. The predicted octanol–water partition coefficient (Wildman–Crippen LogP) is 1.48. The normalized spacial score (nSPS) is 22.0. The zero-order chi connectivity index (χ0) is 15.6. The van der Waals surface area contributed by atoms with Crippen molar-refractivity contribution in [3.05, 3.63) is 33.9 Å². The Balaban J connectivity index is 2.29. The number of hydrogen-bond donors (Lipinski definition) is 2. The van der Waals surface area contributed by atoms with Crippen LogP contribution < -0.4 is 5.32 Å². The molecule has 21 heavy (non-hydrogen) atoms. The molecule has 114 valence electrons. The van der Waals surface area contributed by atoms with Crippen molar-refractivity contribution in [2.75, 3.05) is 25.5 Å². The third-order valence-corrected chi connectivity index (χ3v) is 3.86. The second-order valence-electron chi connectivity index (χ2n) is 5.32. The molecule has 2 N–H and O–H groups in total. The molecule has 1 heterocycles. The molecule has 1 aromatic rings. The van der Waals surface area contributed by atoms with Crippen LogP contribution in [-0.2, 0) is 0 Å². The molecule has 1 aromatic carbocycles. The van der Waals surface area contributed by atoms with Crippen LogP contribution in [0.3, 0.4) is 0 Å². The van der Waals surface area contributed by atoms with E-state index in [1.807, 2.05) is 6.92 Å². The number of piperidine rings is 1. The van der Waals surface area contributed by atoms with Crippen molar-refractivity contribution >= 4 is 17.3 Å². The van der Waals surface area contributed by atoms with Gasteiger partial charge in [0, 0.05) is 38.0 Å². The number of carbonyl (C=O) groups excluding carboxylic acids is 1. The van der Waals surface area contributed by atoms with E-state index in [0.717, 1.165) is 0 Å². The van der Waals surface area contributed by atoms with Crippen LogP contribution >= 0.6 is 0 Å². The summed E-state index contributed by atoms with van der Waals surface area (Å²) in [7, 11) is 1.67. The molecule has 0 radical (unpaired) electrons. The molecule has 1 amide bonds. The number of benzene rings is 1. The Hall–Kier alpha value is -2.15. The van der Waals surface area contributed by atoms with E-state index in [0.29, 0.717) is 25.2 Å². The van der Waals surface area contributed by atoms with Crippen LogP contribution in [0.2, 0.25) is 0 Å². The number of aliphatic hydroxyl groups is 1. The second-order valence-corrected chi connectivity index (χ2v) is 5.32. The Morgan fingerprint density at radius 1 is 1.52 bits per heavy atom. The van der Waals surface area contributed by atoms with E-state index >= 15 is 0 Å². The van der Waals surface area contributed by atoms with Gasteiger partial charge >= 0.3 is 0 Å². The molecule has 0 spiro atoms. The number of nitrogens with one attached hydrogen (secondary N) is 1. The summed E-state index contributed by atoms with van der Waals surface area (Å²) in [5.74, 6) is -0.249. The highest BCUT2D eigenvalue weighted by Gasteiger charge is 2.29. The molecule has 0 aliphatic carbocycles. The first-order valence-corrected chi connectivity index (χ1v) is 6.87. The number of non-ortho nitro benzene ring substituents is 1. The SMILES string of the molecule is CNc1ccc([N+](=O)[O-])cc1C(=O)N1CCC(O)C(C)C1. The first-order valence-electron chi connectivity index (χ1n) is 6.87. The van der Waals surface area contributed by atoms with Crippen molar-refractivity contribution in [1.29, 1.82) is 0 Å². The summed E-state index contributed by atoms with van der Waals surface area (Å²) in [4.78, 5) is 24.6. The number of nitrogens with zero attached hydrogens (tertiary/aromatic N) is 2. The van der Waals surface area contributed by atoms with Gasteiger partial charge in [0.25, 0.3) is 11.6 Å². The first-order chi connectivity index (χ1) is 9.93. The van der Waals surface area contributed by atoms with Gasteiger partial charge in [-0.15, -0.1) is 0 Å². The molecule has 2 rings (SSSR count). The summed E-state index contributed by atoms with van der Waals surface area (Å²) < 4.78 is 0. The second kappa shape index (κ2) is 6.09. The molecular weight excluding hydrogens is 274 g/mol. The van der Waals surface area contributed by atoms with Gasteiger partial charge < -0.3 is 15.3 Å². The number of aliphatic hydroxyl groups excluding tert-OH is 1. The minimum atomic E-state index is -0.515. The van der Waals surface area contributed by atoms with Crippen LogP contribution in [0.5, 0.6) is 0 Å². The summed E-state index contributed by atoms with van der Waals surface area (Å²) in [6.07, 6.45) is 0.124. The molecule has 2 unspecified atom stereocenters. The van der Waals surface area contributed by atoms with Crippen molar-refractivity contribution in [1.82, 2.24) is 4.90 Å². The fourth-order valence-corrected chi connectivity index (χ4v) is 2.53. The van der Waals surface area contributed by atoms with Crippen molar-refractivity contribution in [3.63, 3.8) is 0 Å². The molecule has 0 aromatic heterocycles. The smallest absolute Gasteiger partial charge is 0.270 e. The molecule has 1 fully saturated rings. The Morgan fingerprint density at radius 2 is 2.24 bits per heavy atom. The number of anilines is 1. The van der Waals surface area contributed by atoms with Gasteiger partial charge in [-0.2, -0.15) is 0 Å². The van der Waals surface area contributed by atoms with E-state index < -0.39 is 11.0 Å². The van der Waals surface area contributed by atoms with E-state index in [4.69, 9.17) is 0 Å². The minimum absolute atomic E-state index is 0.000524. The van der Waals surface area contributed by atoms with Crippen molar-refractivity contribution < 1.29 is 14.8 Å². The quantitative estimate of drug-likeness (QED) is 0.650. The lowest BCUT2D eigenvalue weighted by Crippen LogP contribution is -2.45. The highest BCUT2D eigenvalue weighted by Crippen LogP contribution is 2.25. The average molecular weight is 293 g/mol. The summed E-state index contributed by atoms with van der Waals surface area (Å²) >= 11 is 0. The maximum Gasteiger partial charge on any atom is 0.270 e. The molecule has 1 aliphatic heterocycles. The van der Waals surface area contributed by atoms with E-state index in [1.165, 1.54) is 18.2 Å². The Labute approximate surface area is 122 Å². The number of nitro benzene ring substituents is 1. The highest BCUT2D eigenvalue weighted by molar-refractivity contribution is 6.00. The fraction of sp³-hybridized carbons (Fsp3) is 0.500. The predicted molar refractivity (Wildman–Crippen MR) is 78.3 cm³/mol. The number of carbonyl (C=O) groups is 1. The molecule has 1 aliphatic rings. The van der Waals surface area contributed by atoms with Gasteiger partial charge in [-0.25, -0.2) is 0 Å². The van der Waals surface area contributed by atoms with E-state index in [1.54, 1.807) is 11.9 Å². The molecule has 2 atom stereocenters. The summed E-state index contributed by atoms with van der Waals surface area (Å²) in [6.45, 7) is 2.79. The summed E-state index contributed by atoms with van der Waals surface area (Å²) in [5, 5.41) is 23.5. The van der Waals surface area contributed by atoms with Crippen LogP contribution in [0.4, 0.5) is 11.4 Å². The van der Waals surface area contributed by atoms with Crippen LogP contribution in [0.15, 0.2) is 18.2 Å². The number of likely N-dealkylation sites (tertiary alicyclic amines) is 1. The summed E-state index contributed by atoms with van der Waals surface area (Å²) in [6, 6.07) is 4.20. The minimum Gasteiger partial charge on any atom is -0.393 e. The maximum atomic E-state index is 12.6. The third-order valence-electron chi connectivity index (χ3n) is 3.86. The molecule has 7 heteroatoms. The van der Waals surface area contributed by atoms with Crippen LogP contribution in [-0.4, -0.2) is 47.1 Å². The van der Waals surface area contributed by atoms with Gasteiger partial charge in [-0.1, -0.05) is 6.92 Å². The zero-order valence-corrected chi connectivity index (χ0v) is 12.1. The number of rotatable bonds is 3. The molecular formula is C14H19N3O4. The van der Waals surface area contributed by atoms with Crippen molar-refractivity contribution in [2.24, 2.45) is 5.92 Å². The van der Waals surface area contributed by atoms with Crippen molar-refractivity contribution in [3.8, 4) is 0 Å². The molecule has 7 nitrogen and oxygen atoms in total. The lowest BCUT2D eigenvalue weighted by atomic mass is 9.96. The Kier molecular flexibility index (Phi) is 4.42. The van der Waals surface area contributed by atoms with Gasteiger partial charge in [0.2, 0.25) is 0 Å². The standard InChI is InChI=1S/C14H19N3O4/c1-9-8-16(6-5-13(9)18)14(19)11-7-10(17(20)21)3-4-12(11)15-2/h3-4,7,9,13,15,18H,5-6,8H2,1-2H3. The lowest BCUT2D eigenvalue weighted by molar-refractivity contribution is -0.384. The van der Waals surface area contributed by atoms with Gasteiger partial charge in [0.05, 0.1) is 16.6 Å². The van der Waals surface area contributed by atoms with Crippen molar-refractivity contribution in [2.45, 2.75) is 19.4 Å². The van der Waals surface area contributed by atoms with Gasteiger partial charge in [0.15, 0.2) is 0 Å². The van der Waals surface area contributed by atoms with Gasteiger partial charge in [-0.3, -0.25) is 14.9 Å². The topological polar surface area (TPSA) is 95.7 Å². The monoisotopic (exact) mass is 293 g/mol. The number of amides is 1. The highest BCUT2D eigenvalue weighted by atomic mass is 16.6. The van der Waals surface area contributed by atoms with E-state index in [2.05, 4.69) is 5.32 Å². The maximum absolute atomic E-state index is 12.6. The number of hydrogen-bond acceptors (Lipinski definition) is 5. The van der Waals surface area contributed by atoms with Crippen LogP contribution in [0, 0.1) is 16.0 Å². The fourth-order valence-electron chi connectivity index (χ4n) is 2.53. The van der Waals surface area contributed by atoms with Crippen LogP contribution in [0.1, 0.15) is 23.7 Å². The lowest BCUT2D eigenvalue weighted by Gasteiger charge is -2.34. The largest absolute Gasteiger partial charge is 0.393 e.